The van der Waals surface area contributed by atoms with E-state index in [4.69, 9.17) is 4.74 Å². The molecule has 1 fully saturated rings. The molecule has 0 unspecified atom stereocenters. The van der Waals surface area contributed by atoms with Gasteiger partial charge in [0.25, 0.3) is 5.91 Å². The van der Waals surface area contributed by atoms with Crippen LogP contribution in [0, 0.1) is 6.92 Å². The molecule has 3 aromatic rings. The molecule has 1 N–H and O–H groups in total. The predicted octanol–water partition coefficient (Wildman–Crippen LogP) is 4.04. The summed E-state index contributed by atoms with van der Waals surface area (Å²) in [4.78, 5) is 27.7. The van der Waals surface area contributed by atoms with E-state index in [2.05, 4.69) is 5.32 Å². The Hall–Kier alpha value is -3.28. The number of benzene rings is 2. The minimum absolute atomic E-state index is 0.0561. The van der Waals surface area contributed by atoms with Crippen molar-refractivity contribution < 1.29 is 14.3 Å². The lowest BCUT2D eigenvalue weighted by atomic mass is 10.1. The molecular formula is C24H27N3O3. The van der Waals surface area contributed by atoms with Crippen LogP contribution >= 0.6 is 0 Å². The number of nitrogens with zero attached hydrogens (tertiary/aromatic N) is 2. The van der Waals surface area contributed by atoms with Crippen molar-refractivity contribution in [2.75, 3.05) is 18.6 Å². The van der Waals surface area contributed by atoms with Crippen LogP contribution in [0.1, 0.15) is 41.4 Å². The van der Waals surface area contributed by atoms with Gasteiger partial charge in [-0.15, -0.1) is 0 Å². The first-order valence-electron chi connectivity index (χ1n) is 10.4. The number of anilines is 1. The third kappa shape index (κ3) is 3.54. The summed E-state index contributed by atoms with van der Waals surface area (Å²) < 4.78 is 7.40. The van der Waals surface area contributed by atoms with Crippen molar-refractivity contribution in [3.8, 4) is 5.75 Å². The number of ether oxygens (including phenoxy) is 1. The molecule has 6 heteroatoms. The molecule has 6 nitrogen and oxygen atoms in total. The molecule has 4 rings (SSSR count). The van der Waals surface area contributed by atoms with E-state index in [0.29, 0.717) is 43.2 Å². The van der Waals surface area contributed by atoms with Crippen molar-refractivity contribution in [1.82, 2.24) is 9.88 Å². The molecule has 0 spiro atoms. The summed E-state index contributed by atoms with van der Waals surface area (Å²) in [6.07, 6.45) is 1.30. The molecule has 0 saturated carbocycles. The Labute approximate surface area is 176 Å². The average molecular weight is 405 g/mol. The van der Waals surface area contributed by atoms with Crippen molar-refractivity contribution in [3.05, 3.63) is 59.3 Å². The van der Waals surface area contributed by atoms with E-state index in [1.54, 1.807) is 12.0 Å². The minimum atomic E-state index is -0.178. The number of amides is 2. The zero-order valence-electron chi connectivity index (χ0n) is 17.7. The number of carbonyl (C=O) groups excluding carboxylic acids is 2. The smallest absolute Gasteiger partial charge is 0.270 e. The van der Waals surface area contributed by atoms with Crippen LogP contribution in [0.4, 0.5) is 5.69 Å². The Morgan fingerprint density at radius 3 is 2.57 bits per heavy atom. The highest BCUT2D eigenvalue weighted by Crippen LogP contribution is 2.38. The van der Waals surface area contributed by atoms with E-state index >= 15 is 0 Å². The maximum atomic E-state index is 13.4. The number of hydrogen-bond acceptors (Lipinski definition) is 3. The Morgan fingerprint density at radius 2 is 1.93 bits per heavy atom. The molecule has 2 amide bonds. The van der Waals surface area contributed by atoms with Crippen LogP contribution in [0.2, 0.25) is 0 Å². The van der Waals surface area contributed by atoms with Gasteiger partial charge >= 0.3 is 0 Å². The maximum absolute atomic E-state index is 13.4. The highest BCUT2D eigenvalue weighted by atomic mass is 16.5. The molecule has 1 saturated heterocycles. The van der Waals surface area contributed by atoms with Crippen LogP contribution in [0.5, 0.6) is 5.75 Å². The lowest BCUT2D eigenvalue weighted by Crippen LogP contribution is -2.30. The number of aromatic nitrogens is 1. The largest absolute Gasteiger partial charge is 0.497 e. The van der Waals surface area contributed by atoms with Gasteiger partial charge in [-0.1, -0.05) is 29.8 Å². The summed E-state index contributed by atoms with van der Waals surface area (Å²) >= 11 is 0. The van der Waals surface area contributed by atoms with Crippen LogP contribution in [-0.4, -0.2) is 30.0 Å². The van der Waals surface area contributed by atoms with Crippen LogP contribution in [0.3, 0.4) is 0 Å². The highest BCUT2D eigenvalue weighted by Gasteiger charge is 2.31. The lowest BCUT2D eigenvalue weighted by Gasteiger charge is -2.18. The molecule has 2 aromatic carbocycles. The van der Waals surface area contributed by atoms with Crippen LogP contribution < -0.4 is 15.0 Å². The standard InChI is InChI=1S/C24H27N3O3/c1-4-26-20-12-11-18(30-3)14-19(20)22(27-13-5-6-21(27)28)23(26)24(29)25-15-17-9-7-16(2)8-10-17/h7-12,14H,4-6,13,15H2,1-3H3,(H,25,29). The first-order chi connectivity index (χ1) is 14.5. The first-order valence-corrected chi connectivity index (χ1v) is 10.4. The average Bonchev–Trinajstić information content (AvgIpc) is 3.32. The summed E-state index contributed by atoms with van der Waals surface area (Å²) in [5, 5.41) is 3.92. The lowest BCUT2D eigenvalue weighted by molar-refractivity contribution is -0.117. The van der Waals surface area contributed by atoms with E-state index in [-0.39, 0.29) is 11.8 Å². The zero-order chi connectivity index (χ0) is 21.3. The van der Waals surface area contributed by atoms with E-state index in [1.165, 1.54) is 5.56 Å². The fraction of sp³-hybridized carbons (Fsp3) is 0.333. The number of rotatable bonds is 6. The van der Waals surface area contributed by atoms with Gasteiger partial charge in [0.15, 0.2) is 0 Å². The van der Waals surface area contributed by atoms with E-state index in [1.807, 2.05) is 60.9 Å². The Morgan fingerprint density at radius 1 is 1.17 bits per heavy atom. The summed E-state index contributed by atoms with van der Waals surface area (Å²) in [6.45, 7) is 5.72. The molecule has 30 heavy (non-hydrogen) atoms. The molecule has 1 aromatic heterocycles. The summed E-state index contributed by atoms with van der Waals surface area (Å²) in [5.74, 6) is 0.582. The molecule has 0 atom stereocenters. The summed E-state index contributed by atoms with van der Waals surface area (Å²) in [6, 6.07) is 13.9. The number of methoxy groups -OCH3 is 1. The first kappa shape index (κ1) is 20.0. The predicted molar refractivity (Wildman–Crippen MR) is 118 cm³/mol. The highest BCUT2D eigenvalue weighted by molar-refractivity contribution is 6.14. The molecule has 0 radical (unpaired) electrons. The van der Waals surface area contributed by atoms with Crippen molar-refractivity contribution in [2.45, 2.75) is 39.8 Å². The SMILES string of the molecule is CCn1c(C(=O)NCc2ccc(C)cc2)c(N2CCCC2=O)c2cc(OC)ccc21. The zero-order valence-corrected chi connectivity index (χ0v) is 17.7. The summed E-state index contributed by atoms with van der Waals surface area (Å²) in [7, 11) is 1.62. The summed E-state index contributed by atoms with van der Waals surface area (Å²) in [5.41, 5.74) is 4.36. The molecule has 1 aliphatic rings. The number of nitrogens with one attached hydrogen (secondary N) is 1. The second kappa shape index (κ2) is 8.22. The van der Waals surface area contributed by atoms with Gasteiger partial charge in [-0.25, -0.2) is 0 Å². The van der Waals surface area contributed by atoms with Gasteiger partial charge in [-0.3, -0.25) is 9.59 Å². The second-order valence-corrected chi connectivity index (χ2v) is 7.64. The Balaban J connectivity index is 1.79. The number of aryl methyl sites for hydroxylation is 2. The molecule has 0 aliphatic carbocycles. The van der Waals surface area contributed by atoms with Crippen LogP contribution in [0.15, 0.2) is 42.5 Å². The van der Waals surface area contributed by atoms with Crippen molar-refractivity contribution in [1.29, 1.82) is 0 Å². The fourth-order valence-electron chi connectivity index (χ4n) is 4.13. The van der Waals surface area contributed by atoms with Gasteiger partial charge < -0.3 is 19.5 Å². The van der Waals surface area contributed by atoms with Gasteiger partial charge in [-0.2, -0.15) is 0 Å². The van der Waals surface area contributed by atoms with Gasteiger partial charge in [-0.05, 0) is 44.0 Å². The topological polar surface area (TPSA) is 63.6 Å². The third-order valence-corrected chi connectivity index (χ3v) is 5.69. The Bertz CT molecular complexity index is 1100. The van der Waals surface area contributed by atoms with Gasteiger partial charge in [0, 0.05) is 31.4 Å². The molecule has 2 heterocycles. The van der Waals surface area contributed by atoms with Crippen molar-refractivity contribution >= 4 is 28.4 Å². The van der Waals surface area contributed by atoms with E-state index in [9.17, 15) is 9.59 Å². The van der Waals surface area contributed by atoms with Gasteiger partial charge in [0.05, 0.1) is 18.3 Å². The molecular weight excluding hydrogens is 378 g/mol. The molecule has 156 valence electrons. The third-order valence-electron chi connectivity index (χ3n) is 5.69. The quantitative estimate of drug-likeness (QED) is 0.673. The number of hydrogen-bond donors (Lipinski definition) is 1. The van der Waals surface area contributed by atoms with Gasteiger partial charge in [0.2, 0.25) is 5.91 Å². The number of carbonyl (C=O) groups is 2. The number of fused-ring (bicyclic) bond motifs is 1. The Kier molecular flexibility index (Phi) is 5.48. The maximum Gasteiger partial charge on any atom is 0.270 e. The molecule has 0 bridgehead atoms. The normalized spacial score (nSPS) is 13.8. The second-order valence-electron chi connectivity index (χ2n) is 7.64. The monoisotopic (exact) mass is 405 g/mol. The van der Waals surface area contributed by atoms with Gasteiger partial charge in [0.1, 0.15) is 11.4 Å². The van der Waals surface area contributed by atoms with Crippen molar-refractivity contribution in [3.63, 3.8) is 0 Å². The fourth-order valence-corrected chi connectivity index (χ4v) is 4.13. The minimum Gasteiger partial charge on any atom is -0.497 e. The van der Waals surface area contributed by atoms with E-state index < -0.39 is 0 Å². The van der Waals surface area contributed by atoms with Crippen LogP contribution in [0.25, 0.3) is 10.9 Å². The van der Waals surface area contributed by atoms with Crippen LogP contribution in [-0.2, 0) is 17.9 Å². The molecule has 1 aliphatic heterocycles. The van der Waals surface area contributed by atoms with E-state index in [0.717, 1.165) is 22.9 Å². The van der Waals surface area contributed by atoms with Crippen molar-refractivity contribution in [2.24, 2.45) is 0 Å².